The molecule has 5 nitrogen and oxygen atoms in total. The van der Waals surface area contributed by atoms with E-state index in [0.717, 1.165) is 28.1 Å². The maximum absolute atomic E-state index is 11.1. The second-order valence-corrected chi connectivity index (χ2v) is 22.9. The van der Waals surface area contributed by atoms with Crippen LogP contribution in [-0.2, 0) is 0 Å². The number of aromatic nitrogens is 2. The quantitative estimate of drug-likeness (QED) is 0.458. The first-order valence-corrected chi connectivity index (χ1v) is 27.6. The number of amides is 1. The SMILES string of the molecule is Cc1ccnc(C(C)C)c1C#N.Cc1ccnc(C(C)C)c1C(N)=O.II.I[I-]I. The van der Waals surface area contributed by atoms with Crippen molar-refractivity contribution >= 4 is 80.4 Å². The second-order valence-electron chi connectivity index (χ2n) is 6.62. The number of carbonyl (C=O) groups is 1. The molecule has 0 saturated heterocycles. The fraction of sp³-hybridized carbons (Fsp3) is 0.400. The summed E-state index contributed by atoms with van der Waals surface area (Å²) >= 11 is 9.54. The van der Waals surface area contributed by atoms with Crippen molar-refractivity contribution in [3.63, 3.8) is 0 Å². The Labute approximate surface area is 233 Å². The van der Waals surface area contributed by atoms with Gasteiger partial charge in [-0.05, 0) is 48.9 Å². The number of nitrogens with zero attached hydrogens (tertiary/aromatic N) is 3. The van der Waals surface area contributed by atoms with Crippen LogP contribution in [0, 0.1) is 25.2 Å². The molecule has 2 heterocycles. The van der Waals surface area contributed by atoms with Gasteiger partial charge in [-0.3, -0.25) is 14.8 Å². The van der Waals surface area contributed by atoms with E-state index in [4.69, 9.17) is 11.0 Å². The summed E-state index contributed by atoms with van der Waals surface area (Å²) in [5.74, 6) is 0.149. The van der Waals surface area contributed by atoms with E-state index in [2.05, 4.69) is 90.5 Å². The molecule has 1 amide bonds. The molecular weight excluding hydrogens is 947 g/mol. The van der Waals surface area contributed by atoms with Crippen LogP contribution in [0.1, 0.15) is 78.0 Å². The van der Waals surface area contributed by atoms with E-state index < -0.39 is 5.91 Å². The normalized spacial score (nSPS) is 9.43. The van der Waals surface area contributed by atoms with E-state index in [1.807, 2.05) is 47.6 Å². The number of rotatable bonds is 3. The molecule has 0 aliphatic heterocycles. The van der Waals surface area contributed by atoms with Crippen molar-refractivity contribution in [3.05, 3.63) is 58.2 Å². The molecule has 0 radical (unpaired) electrons. The average molecular weight is 973 g/mol. The van der Waals surface area contributed by atoms with Crippen LogP contribution in [0.4, 0.5) is 0 Å². The second kappa shape index (κ2) is 19.4. The molecule has 0 bridgehead atoms. The van der Waals surface area contributed by atoms with Crippen molar-refractivity contribution < 1.29 is 18.0 Å². The molecule has 0 fully saturated rings. The van der Waals surface area contributed by atoms with Gasteiger partial charge in [0.2, 0.25) is 0 Å². The maximum atomic E-state index is 11.1. The Bertz CT molecular complexity index is 823. The Morgan fingerprint density at radius 3 is 1.70 bits per heavy atom. The summed E-state index contributed by atoms with van der Waals surface area (Å²) < 4.78 is 0. The third kappa shape index (κ3) is 12.2. The number of aryl methyl sites for hydroxylation is 2. The van der Waals surface area contributed by atoms with Gasteiger partial charge in [-0.15, -0.1) is 0 Å². The molecule has 30 heavy (non-hydrogen) atoms. The number of hydrogen-bond acceptors (Lipinski definition) is 4. The van der Waals surface area contributed by atoms with Gasteiger partial charge in [-0.2, -0.15) is 5.26 Å². The summed E-state index contributed by atoms with van der Waals surface area (Å²) in [4.78, 5) is 19.5. The fourth-order valence-electron chi connectivity index (χ4n) is 2.50. The van der Waals surface area contributed by atoms with Gasteiger partial charge in [0.25, 0.3) is 5.91 Å². The molecular formula is C20H26I5N4O-. The van der Waals surface area contributed by atoms with Gasteiger partial charge < -0.3 is 5.73 Å². The van der Waals surface area contributed by atoms with E-state index in [1.54, 1.807) is 18.5 Å². The first kappa shape index (κ1) is 33.1. The van der Waals surface area contributed by atoms with Gasteiger partial charge in [0, 0.05) is 49.6 Å². The Morgan fingerprint density at radius 2 is 1.40 bits per heavy atom. The molecule has 0 spiro atoms. The molecule has 0 atom stereocenters. The summed E-state index contributed by atoms with van der Waals surface area (Å²) in [5.41, 5.74) is 10.2. The van der Waals surface area contributed by atoms with Crippen molar-refractivity contribution in [2.45, 2.75) is 53.4 Å². The molecule has 0 aliphatic rings. The predicted octanol–water partition coefficient (Wildman–Crippen LogP) is 4.54. The Kier molecular flexibility index (Phi) is 21.4. The van der Waals surface area contributed by atoms with E-state index >= 15 is 0 Å². The minimum atomic E-state index is -0.394. The van der Waals surface area contributed by atoms with E-state index in [-0.39, 0.29) is 5.92 Å². The van der Waals surface area contributed by atoms with Crippen molar-refractivity contribution in [1.82, 2.24) is 9.97 Å². The first-order chi connectivity index (χ1) is 14.1. The van der Waals surface area contributed by atoms with Crippen molar-refractivity contribution in [2.75, 3.05) is 0 Å². The van der Waals surface area contributed by atoms with Crippen LogP contribution < -0.4 is 19.0 Å². The van der Waals surface area contributed by atoms with Crippen LogP contribution in [-0.4, -0.2) is 15.9 Å². The molecule has 0 aromatic carbocycles. The van der Waals surface area contributed by atoms with E-state index in [0.29, 0.717) is 24.7 Å². The fourth-order valence-corrected chi connectivity index (χ4v) is 2.50. The molecule has 2 rings (SSSR count). The molecule has 2 aromatic rings. The molecule has 0 aliphatic carbocycles. The predicted molar refractivity (Wildman–Crippen MR) is 155 cm³/mol. The Hall–Kier alpha value is 0.910. The Morgan fingerprint density at radius 1 is 1.00 bits per heavy atom. The van der Waals surface area contributed by atoms with Gasteiger partial charge in [0.15, 0.2) is 0 Å². The average Bonchev–Trinajstić information content (AvgIpc) is 2.69. The summed E-state index contributed by atoms with van der Waals surface area (Å²) in [5, 5.41) is 8.86. The topological polar surface area (TPSA) is 92.7 Å². The zero-order valence-electron chi connectivity index (χ0n) is 17.7. The minimum absolute atomic E-state index is 0.224. The number of pyridine rings is 2. The van der Waals surface area contributed by atoms with Crippen LogP contribution in [0.3, 0.4) is 0 Å². The zero-order valence-corrected chi connectivity index (χ0v) is 28.5. The van der Waals surface area contributed by atoms with Crippen molar-refractivity contribution in [1.29, 1.82) is 5.26 Å². The van der Waals surface area contributed by atoms with Crippen LogP contribution in [0.2, 0.25) is 0 Å². The number of hydrogen-bond donors (Lipinski definition) is 1. The number of nitrogens with two attached hydrogens (primary N) is 1. The molecule has 0 unspecified atom stereocenters. The summed E-state index contributed by atoms with van der Waals surface area (Å²) in [6.45, 7) is 11.9. The Balaban J connectivity index is 0. The molecule has 0 saturated carbocycles. The van der Waals surface area contributed by atoms with Crippen LogP contribution in [0.15, 0.2) is 24.5 Å². The van der Waals surface area contributed by atoms with Gasteiger partial charge in [0.1, 0.15) is 6.07 Å². The molecule has 168 valence electrons. The third-order valence-corrected chi connectivity index (χ3v) is 3.83. The third-order valence-electron chi connectivity index (χ3n) is 3.83. The van der Waals surface area contributed by atoms with Crippen molar-refractivity contribution in [3.8, 4) is 6.07 Å². The molecule has 10 heteroatoms. The van der Waals surface area contributed by atoms with Crippen LogP contribution in [0.5, 0.6) is 0 Å². The number of halogens is 5. The molecule has 2 N–H and O–H groups in total. The zero-order chi connectivity index (χ0) is 23.9. The van der Waals surface area contributed by atoms with E-state index in [9.17, 15) is 4.79 Å². The van der Waals surface area contributed by atoms with Gasteiger partial charge in [0.05, 0.1) is 22.5 Å². The summed E-state index contributed by atoms with van der Waals surface area (Å²) in [7, 11) is 0. The summed E-state index contributed by atoms with van der Waals surface area (Å²) in [6.07, 6.45) is 3.46. The first-order valence-electron chi connectivity index (χ1n) is 8.74. The monoisotopic (exact) mass is 973 g/mol. The van der Waals surface area contributed by atoms with Gasteiger partial charge >= 0.3 is 50.5 Å². The number of carbonyl (C=O) groups excluding carboxylic acids is 1. The number of primary amides is 1. The van der Waals surface area contributed by atoms with Crippen LogP contribution in [0.25, 0.3) is 0 Å². The standard InChI is InChI=1S/C10H14N2O.C10H12N2.I3.I2/c1-6(2)9-8(10(11)13)7(3)4-5-12-9;1-7(2)10-9(6-11)8(3)4-5-12-10;1-3-2;1-2/h4-6H,1-3H3,(H2,11,13);4-5,7H,1-3H3;;/q;;-1;. The van der Waals surface area contributed by atoms with Gasteiger partial charge in [-0.1, -0.05) is 27.7 Å². The number of nitriles is 1. The van der Waals surface area contributed by atoms with E-state index in [1.165, 1.54) is 0 Å². The summed E-state index contributed by atoms with van der Waals surface area (Å²) in [6, 6.07) is 5.85. The van der Waals surface area contributed by atoms with Crippen molar-refractivity contribution in [2.24, 2.45) is 5.73 Å². The van der Waals surface area contributed by atoms with Crippen LogP contribution >= 0.6 is 74.5 Å². The molecule has 2 aromatic heterocycles. The van der Waals surface area contributed by atoms with Gasteiger partial charge in [-0.25, -0.2) is 0 Å².